The largest absolute Gasteiger partial charge is 0.493 e. The van der Waals surface area contributed by atoms with Gasteiger partial charge < -0.3 is 15.6 Å². The molecule has 4 nitrogen and oxygen atoms in total. The van der Waals surface area contributed by atoms with Gasteiger partial charge in [-0.2, -0.15) is 13.2 Å². The summed E-state index contributed by atoms with van der Waals surface area (Å²) in [5.41, 5.74) is 4.54. The van der Waals surface area contributed by atoms with Crippen LogP contribution in [0.4, 0.5) is 13.2 Å². The molecule has 0 bridgehead atoms. The van der Waals surface area contributed by atoms with E-state index in [4.69, 9.17) is 15.6 Å². The van der Waals surface area contributed by atoms with Gasteiger partial charge in [-0.1, -0.05) is 12.1 Å². The summed E-state index contributed by atoms with van der Waals surface area (Å²) < 4.78 is 43.5. The lowest BCUT2D eigenvalue weighted by molar-refractivity contribution is -0.139. The molecule has 0 aromatic heterocycles. The first-order valence-corrected chi connectivity index (χ1v) is 5.57. The standard InChI is InChI=1S/C12H14F3NO3/c1-2-19-10-7(6-9(16)11(17)18)4-3-5-8(10)12(13,14)15/h3-5,9H,2,6,16H2,1H3,(H,17,18)/t9-/m0/s1. The van der Waals surface area contributed by atoms with Gasteiger partial charge in [-0.15, -0.1) is 0 Å². The van der Waals surface area contributed by atoms with Crippen LogP contribution in [0.25, 0.3) is 0 Å². The van der Waals surface area contributed by atoms with Gasteiger partial charge in [0, 0.05) is 6.42 Å². The lowest BCUT2D eigenvalue weighted by atomic mass is 10.0. The second-order valence-corrected chi connectivity index (χ2v) is 3.87. The number of para-hydroxylation sites is 1. The van der Waals surface area contributed by atoms with E-state index in [1.807, 2.05) is 0 Å². The van der Waals surface area contributed by atoms with Crippen LogP contribution in [0.5, 0.6) is 5.75 Å². The van der Waals surface area contributed by atoms with Gasteiger partial charge >= 0.3 is 12.1 Å². The Hall–Kier alpha value is -1.76. The summed E-state index contributed by atoms with van der Waals surface area (Å²) in [4.78, 5) is 10.7. The van der Waals surface area contributed by atoms with Crippen molar-refractivity contribution in [3.8, 4) is 5.75 Å². The van der Waals surface area contributed by atoms with Gasteiger partial charge in [0.1, 0.15) is 11.8 Å². The number of alkyl halides is 3. The molecular weight excluding hydrogens is 263 g/mol. The van der Waals surface area contributed by atoms with Gasteiger partial charge in [0.15, 0.2) is 0 Å². The maximum Gasteiger partial charge on any atom is 0.419 e. The Balaban J connectivity index is 3.20. The lowest BCUT2D eigenvalue weighted by Gasteiger charge is -2.17. The van der Waals surface area contributed by atoms with Crippen molar-refractivity contribution < 1.29 is 27.8 Å². The lowest BCUT2D eigenvalue weighted by Crippen LogP contribution is -2.32. The van der Waals surface area contributed by atoms with Crippen LogP contribution >= 0.6 is 0 Å². The van der Waals surface area contributed by atoms with E-state index < -0.39 is 23.8 Å². The highest BCUT2D eigenvalue weighted by atomic mass is 19.4. The van der Waals surface area contributed by atoms with Crippen molar-refractivity contribution in [2.45, 2.75) is 25.6 Å². The Labute approximate surface area is 108 Å². The smallest absolute Gasteiger partial charge is 0.419 e. The van der Waals surface area contributed by atoms with Crippen LogP contribution in [0.2, 0.25) is 0 Å². The number of carboxylic acids is 1. The van der Waals surface area contributed by atoms with Gasteiger partial charge in [0.05, 0.1) is 12.2 Å². The molecule has 106 valence electrons. The van der Waals surface area contributed by atoms with E-state index in [1.165, 1.54) is 12.1 Å². The molecular formula is C12H14F3NO3. The molecule has 0 saturated carbocycles. The van der Waals surface area contributed by atoms with Crippen molar-refractivity contribution in [1.82, 2.24) is 0 Å². The Morgan fingerprint density at radius 1 is 1.47 bits per heavy atom. The van der Waals surface area contributed by atoms with Crippen LogP contribution < -0.4 is 10.5 Å². The number of halogens is 3. The molecule has 3 N–H and O–H groups in total. The third kappa shape index (κ3) is 3.85. The molecule has 0 unspecified atom stereocenters. The predicted molar refractivity (Wildman–Crippen MR) is 61.9 cm³/mol. The minimum absolute atomic E-state index is 0.0441. The van der Waals surface area contributed by atoms with Crippen LogP contribution in [0.1, 0.15) is 18.1 Å². The van der Waals surface area contributed by atoms with Gasteiger partial charge in [-0.25, -0.2) is 0 Å². The summed E-state index contributed by atoms with van der Waals surface area (Å²) in [5, 5.41) is 8.71. The Kier molecular flexibility index (Phi) is 4.77. The van der Waals surface area contributed by atoms with Gasteiger partial charge in [-0.05, 0) is 18.6 Å². The number of carbonyl (C=O) groups is 1. The zero-order valence-electron chi connectivity index (χ0n) is 10.2. The Morgan fingerprint density at radius 2 is 2.11 bits per heavy atom. The van der Waals surface area contributed by atoms with E-state index in [9.17, 15) is 18.0 Å². The van der Waals surface area contributed by atoms with Crippen molar-refractivity contribution in [2.75, 3.05) is 6.61 Å². The summed E-state index contributed by atoms with van der Waals surface area (Å²) >= 11 is 0. The number of rotatable bonds is 5. The highest BCUT2D eigenvalue weighted by molar-refractivity contribution is 5.73. The summed E-state index contributed by atoms with van der Waals surface area (Å²) in [5.74, 6) is -1.63. The minimum Gasteiger partial charge on any atom is -0.493 e. The second-order valence-electron chi connectivity index (χ2n) is 3.87. The van der Waals surface area contributed by atoms with Gasteiger partial charge in [0.25, 0.3) is 0 Å². The van der Waals surface area contributed by atoms with Crippen LogP contribution in [0, 0.1) is 0 Å². The quantitative estimate of drug-likeness (QED) is 0.864. The fourth-order valence-electron chi connectivity index (χ4n) is 1.61. The average molecular weight is 277 g/mol. The van der Waals surface area contributed by atoms with Crippen molar-refractivity contribution >= 4 is 5.97 Å². The number of nitrogens with two attached hydrogens (primary N) is 1. The molecule has 0 aliphatic carbocycles. The molecule has 0 aliphatic rings. The summed E-state index contributed by atoms with van der Waals surface area (Å²) in [6.45, 7) is 1.59. The molecule has 1 aromatic rings. The number of ether oxygens (including phenoxy) is 1. The van der Waals surface area contributed by atoms with Crippen LogP contribution in [0.3, 0.4) is 0 Å². The molecule has 0 radical (unpaired) electrons. The normalized spacial score (nSPS) is 13.1. The van der Waals surface area contributed by atoms with Crippen molar-refractivity contribution in [2.24, 2.45) is 5.73 Å². The maximum absolute atomic E-state index is 12.8. The predicted octanol–water partition coefficient (Wildman–Crippen LogP) is 2.06. The van der Waals surface area contributed by atoms with E-state index in [0.29, 0.717) is 0 Å². The molecule has 0 aliphatic heterocycles. The number of benzene rings is 1. The highest BCUT2D eigenvalue weighted by Crippen LogP contribution is 2.38. The van der Waals surface area contributed by atoms with E-state index >= 15 is 0 Å². The zero-order valence-corrected chi connectivity index (χ0v) is 10.2. The number of hydrogen-bond donors (Lipinski definition) is 2. The molecule has 19 heavy (non-hydrogen) atoms. The van der Waals surface area contributed by atoms with E-state index in [0.717, 1.165) is 6.07 Å². The maximum atomic E-state index is 12.8. The Morgan fingerprint density at radius 3 is 2.58 bits per heavy atom. The Bertz CT molecular complexity index is 460. The van der Waals surface area contributed by atoms with Crippen LogP contribution in [0.15, 0.2) is 18.2 Å². The molecule has 7 heteroatoms. The molecule has 0 fully saturated rings. The summed E-state index contributed by atoms with van der Waals surface area (Å²) in [6, 6.07) is 2.20. The van der Waals surface area contributed by atoms with Gasteiger partial charge in [0.2, 0.25) is 0 Å². The molecule has 0 amide bonds. The first-order valence-electron chi connectivity index (χ1n) is 5.57. The van der Waals surface area contributed by atoms with Crippen LogP contribution in [-0.2, 0) is 17.4 Å². The van der Waals surface area contributed by atoms with Crippen molar-refractivity contribution in [1.29, 1.82) is 0 Å². The van der Waals surface area contributed by atoms with Crippen molar-refractivity contribution in [3.63, 3.8) is 0 Å². The van der Waals surface area contributed by atoms with E-state index in [1.54, 1.807) is 6.92 Å². The third-order valence-corrected chi connectivity index (χ3v) is 2.45. The number of carboxylic acid groups (broad SMARTS) is 1. The molecule has 1 atom stereocenters. The first-order chi connectivity index (χ1) is 8.77. The van der Waals surface area contributed by atoms with E-state index in [-0.39, 0.29) is 24.3 Å². The molecule has 0 saturated heterocycles. The second kappa shape index (κ2) is 5.92. The monoisotopic (exact) mass is 277 g/mol. The summed E-state index contributed by atoms with van der Waals surface area (Å²) in [7, 11) is 0. The topological polar surface area (TPSA) is 72.5 Å². The van der Waals surface area contributed by atoms with Crippen LogP contribution in [-0.4, -0.2) is 23.7 Å². The molecule has 1 aromatic carbocycles. The zero-order chi connectivity index (χ0) is 14.6. The first kappa shape index (κ1) is 15.3. The molecule has 0 heterocycles. The van der Waals surface area contributed by atoms with Gasteiger partial charge in [-0.3, -0.25) is 4.79 Å². The van der Waals surface area contributed by atoms with E-state index in [2.05, 4.69) is 0 Å². The van der Waals surface area contributed by atoms with Crippen molar-refractivity contribution in [3.05, 3.63) is 29.3 Å². The summed E-state index contributed by atoms with van der Waals surface area (Å²) in [6.07, 6.45) is -4.79. The number of aliphatic carboxylic acids is 1. The fraction of sp³-hybridized carbons (Fsp3) is 0.417. The molecule has 1 rings (SSSR count). The fourth-order valence-corrected chi connectivity index (χ4v) is 1.61. The molecule has 0 spiro atoms. The third-order valence-electron chi connectivity index (χ3n) is 2.45. The SMILES string of the molecule is CCOc1c(C[C@H](N)C(=O)O)cccc1C(F)(F)F. The minimum atomic E-state index is -4.56. The highest BCUT2D eigenvalue weighted by Gasteiger charge is 2.35. The average Bonchev–Trinajstić information content (AvgIpc) is 2.29. The number of hydrogen-bond acceptors (Lipinski definition) is 3.